The van der Waals surface area contributed by atoms with Gasteiger partial charge in [-0.15, -0.1) is 0 Å². The van der Waals surface area contributed by atoms with E-state index in [9.17, 15) is 24.3 Å². The second kappa shape index (κ2) is 8.51. The lowest BCUT2D eigenvalue weighted by molar-refractivity contribution is -0.150. The number of amides is 1. The maximum absolute atomic E-state index is 12.6. The maximum atomic E-state index is 12.6. The van der Waals surface area contributed by atoms with Gasteiger partial charge in [0.05, 0.1) is 16.9 Å². The van der Waals surface area contributed by atoms with Crippen LogP contribution in [-0.4, -0.2) is 54.4 Å². The van der Waals surface area contributed by atoms with E-state index in [1.807, 2.05) is 0 Å². The normalized spacial score (nSPS) is 16.1. The molecule has 1 amide bonds. The minimum absolute atomic E-state index is 0.0593. The van der Waals surface area contributed by atoms with Crippen molar-refractivity contribution >= 4 is 58.2 Å². The number of rotatable bonds is 7. The first-order valence-corrected chi connectivity index (χ1v) is 9.55. The number of aliphatic carboxylic acids is 2. The fourth-order valence-corrected chi connectivity index (χ4v) is 4.03. The molecule has 154 valence electrons. The average Bonchev–Trinajstić information content (AvgIpc) is 3.25. The molecule has 1 atom stereocenters. The lowest BCUT2D eigenvalue weighted by Gasteiger charge is -2.21. The van der Waals surface area contributed by atoms with Crippen LogP contribution in [0.5, 0.6) is 0 Å². The van der Waals surface area contributed by atoms with Gasteiger partial charge in [0, 0.05) is 11.6 Å². The summed E-state index contributed by atoms with van der Waals surface area (Å²) in [5, 5.41) is 27.1. The Morgan fingerprint density at radius 3 is 2.33 bits per heavy atom. The van der Waals surface area contributed by atoms with E-state index in [1.165, 1.54) is 18.2 Å². The molecule has 30 heavy (non-hydrogen) atoms. The molecular formula is C19H13NO8S2. The van der Waals surface area contributed by atoms with E-state index in [-0.39, 0.29) is 20.5 Å². The highest BCUT2D eigenvalue weighted by Gasteiger charge is 2.41. The quantitative estimate of drug-likeness (QED) is 0.428. The number of carboxylic acids is 3. The predicted molar refractivity (Wildman–Crippen MR) is 110 cm³/mol. The number of carboxylic acid groups (broad SMARTS) is 3. The van der Waals surface area contributed by atoms with Gasteiger partial charge in [-0.25, -0.2) is 9.59 Å². The standard InChI is InChI=1S/C19H13NO8S2/c21-15(22)8-12(18(26)27)20-16(23)14(30-19(20)29)7-11-5-6-13(28-11)9-1-3-10(4-2-9)17(24)25/h1-7,12H,8H2,(H,21,22)(H,24,25)(H,26,27)/b14-7-. The van der Waals surface area contributed by atoms with Gasteiger partial charge >= 0.3 is 17.9 Å². The molecule has 2 heterocycles. The Morgan fingerprint density at radius 2 is 1.77 bits per heavy atom. The van der Waals surface area contributed by atoms with Gasteiger partial charge < -0.3 is 19.7 Å². The molecule has 0 radical (unpaired) electrons. The van der Waals surface area contributed by atoms with Crippen molar-refractivity contribution < 1.29 is 38.9 Å². The van der Waals surface area contributed by atoms with Gasteiger partial charge in [0.1, 0.15) is 21.9 Å². The fourth-order valence-electron chi connectivity index (χ4n) is 2.69. The van der Waals surface area contributed by atoms with Gasteiger partial charge in [0.2, 0.25) is 0 Å². The molecule has 0 spiro atoms. The van der Waals surface area contributed by atoms with E-state index in [0.717, 1.165) is 16.7 Å². The van der Waals surface area contributed by atoms with E-state index in [1.54, 1.807) is 24.3 Å². The number of nitrogens with zero attached hydrogens (tertiary/aromatic N) is 1. The number of thioether (sulfide) groups is 1. The molecule has 0 aliphatic carbocycles. The Hall–Kier alpha value is -3.44. The van der Waals surface area contributed by atoms with Crippen LogP contribution >= 0.6 is 24.0 Å². The predicted octanol–water partition coefficient (Wildman–Crippen LogP) is 2.77. The van der Waals surface area contributed by atoms with E-state index < -0.39 is 36.3 Å². The fraction of sp³-hybridized carbons (Fsp3) is 0.105. The second-order valence-corrected chi connectivity index (χ2v) is 7.76. The van der Waals surface area contributed by atoms with Crippen molar-refractivity contribution in [2.75, 3.05) is 0 Å². The molecule has 1 fully saturated rings. The topological polar surface area (TPSA) is 145 Å². The zero-order valence-electron chi connectivity index (χ0n) is 15.0. The second-order valence-electron chi connectivity index (χ2n) is 6.09. The minimum Gasteiger partial charge on any atom is -0.481 e. The summed E-state index contributed by atoms with van der Waals surface area (Å²) in [7, 11) is 0. The van der Waals surface area contributed by atoms with Crippen LogP contribution in [0.1, 0.15) is 22.5 Å². The molecule has 3 N–H and O–H groups in total. The number of hydrogen-bond donors (Lipinski definition) is 3. The van der Waals surface area contributed by atoms with Gasteiger partial charge in [-0.05, 0) is 24.3 Å². The highest BCUT2D eigenvalue weighted by molar-refractivity contribution is 8.26. The van der Waals surface area contributed by atoms with Gasteiger partial charge in [-0.3, -0.25) is 14.5 Å². The number of aromatic carboxylic acids is 1. The molecule has 1 aliphatic rings. The Bertz CT molecular complexity index is 1090. The minimum atomic E-state index is -1.61. The Kier molecular flexibility index (Phi) is 6.04. The average molecular weight is 447 g/mol. The summed E-state index contributed by atoms with van der Waals surface area (Å²) in [4.78, 5) is 46.8. The summed E-state index contributed by atoms with van der Waals surface area (Å²) in [6, 6.07) is 7.62. The van der Waals surface area contributed by atoms with Crippen LogP contribution in [0.3, 0.4) is 0 Å². The molecule has 9 nitrogen and oxygen atoms in total. The van der Waals surface area contributed by atoms with E-state index >= 15 is 0 Å². The smallest absolute Gasteiger partial charge is 0.335 e. The summed E-state index contributed by atoms with van der Waals surface area (Å²) in [6.45, 7) is 0. The first-order chi connectivity index (χ1) is 14.2. The van der Waals surface area contributed by atoms with Crippen molar-refractivity contribution in [3.05, 3.63) is 52.6 Å². The van der Waals surface area contributed by atoms with E-state index in [2.05, 4.69) is 0 Å². The van der Waals surface area contributed by atoms with E-state index in [4.69, 9.17) is 26.8 Å². The van der Waals surface area contributed by atoms with Crippen LogP contribution < -0.4 is 0 Å². The molecule has 1 aromatic heterocycles. The number of carbonyl (C=O) groups is 4. The van der Waals surface area contributed by atoms with Gasteiger partial charge in [0.15, 0.2) is 0 Å². The molecule has 0 bridgehead atoms. The zero-order valence-corrected chi connectivity index (χ0v) is 16.6. The van der Waals surface area contributed by atoms with Crippen LogP contribution in [-0.2, 0) is 14.4 Å². The molecule has 11 heteroatoms. The zero-order chi connectivity index (χ0) is 22.0. The molecule has 1 saturated heterocycles. The van der Waals surface area contributed by atoms with Crippen molar-refractivity contribution in [3.8, 4) is 11.3 Å². The van der Waals surface area contributed by atoms with Crippen molar-refractivity contribution in [1.82, 2.24) is 4.90 Å². The number of carbonyl (C=O) groups excluding carboxylic acids is 1. The number of hydrogen-bond acceptors (Lipinski definition) is 7. The van der Waals surface area contributed by atoms with Crippen LogP contribution in [0.4, 0.5) is 0 Å². The van der Waals surface area contributed by atoms with Gasteiger partial charge in [-0.2, -0.15) is 0 Å². The SMILES string of the molecule is O=C(O)CC(C(=O)O)N1C(=O)/C(=C/c2ccc(-c3ccc(C(=O)O)cc3)o2)SC1=S. The summed E-state index contributed by atoms with van der Waals surface area (Å²) < 4.78 is 5.60. The van der Waals surface area contributed by atoms with Crippen molar-refractivity contribution in [1.29, 1.82) is 0 Å². The van der Waals surface area contributed by atoms with Crippen molar-refractivity contribution in [3.63, 3.8) is 0 Å². The Labute approximate surface area is 178 Å². The molecule has 1 unspecified atom stereocenters. The molecule has 2 aromatic rings. The lowest BCUT2D eigenvalue weighted by Crippen LogP contribution is -2.45. The van der Waals surface area contributed by atoms with Crippen LogP contribution in [0.25, 0.3) is 17.4 Å². The van der Waals surface area contributed by atoms with Crippen molar-refractivity contribution in [2.45, 2.75) is 12.5 Å². The first kappa shape index (κ1) is 21.3. The monoisotopic (exact) mass is 447 g/mol. The number of furan rings is 1. The van der Waals surface area contributed by atoms with Gasteiger partial charge in [0.25, 0.3) is 5.91 Å². The highest BCUT2D eigenvalue weighted by Crippen LogP contribution is 2.35. The van der Waals surface area contributed by atoms with Gasteiger partial charge in [-0.1, -0.05) is 36.1 Å². The van der Waals surface area contributed by atoms with Crippen LogP contribution in [0, 0.1) is 0 Å². The molecular weight excluding hydrogens is 434 g/mol. The lowest BCUT2D eigenvalue weighted by atomic mass is 10.1. The van der Waals surface area contributed by atoms with Crippen LogP contribution in [0.15, 0.2) is 45.7 Å². The summed E-state index contributed by atoms with van der Waals surface area (Å²) >= 11 is 5.91. The Balaban J connectivity index is 1.83. The summed E-state index contributed by atoms with van der Waals surface area (Å²) in [5.74, 6) is -3.89. The maximum Gasteiger partial charge on any atom is 0.335 e. The third-order valence-electron chi connectivity index (χ3n) is 4.10. The Morgan fingerprint density at radius 1 is 1.10 bits per heavy atom. The molecule has 3 rings (SSSR count). The number of benzene rings is 1. The largest absolute Gasteiger partial charge is 0.481 e. The third-order valence-corrected chi connectivity index (χ3v) is 5.44. The molecule has 1 aliphatic heterocycles. The number of thiocarbonyl (C=S) groups is 1. The van der Waals surface area contributed by atoms with E-state index in [0.29, 0.717) is 11.3 Å². The molecule has 0 saturated carbocycles. The molecule has 1 aromatic carbocycles. The third kappa shape index (κ3) is 4.42. The van der Waals surface area contributed by atoms with Crippen molar-refractivity contribution in [2.24, 2.45) is 0 Å². The highest BCUT2D eigenvalue weighted by atomic mass is 32.2. The first-order valence-electron chi connectivity index (χ1n) is 8.32. The summed E-state index contributed by atoms with van der Waals surface area (Å²) in [6.07, 6.45) is 0.598. The van der Waals surface area contributed by atoms with Crippen LogP contribution in [0.2, 0.25) is 0 Å². The summed E-state index contributed by atoms with van der Waals surface area (Å²) in [5.41, 5.74) is 0.753.